The highest BCUT2D eigenvalue weighted by molar-refractivity contribution is 7.89. The summed E-state index contributed by atoms with van der Waals surface area (Å²) in [6.45, 7) is 5.68. The van der Waals surface area contributed by atoms with Crippen LogP contribution in [0.3, 0.4) is 0 Å². The molecule has 0 bridgehead atoms. The zero-order chi connectivity index (χ0) is 14.4. The molecule has 20 heavy (non-hydrogen) atoms. The van der Waals surface area contributed by atoms with Crippen molar-refractivity contribution in [2.75, 3.05) is 25.4 Å². The number of hydrogen-bond donors (Lipinski definition) is 1. The van der Waals surface area contributed by atoms with Crippen LogP contribution in [-0.2, 0) is 23.1 Å². The van der Waals surface area contributed by atoms with E-state index in [-0.39, 0.29) is 5.75 Å². The van der Waals surface area contributed by atoms with Crippen molar-refractivity contribution in [3.05, 3.63) is 18.2 Å². The molecule has 0 spiro atoms. The normalized spacial score (nSPS) is 16.2. The number of nitrogens with zero attached hydrogens (tertiary/aromatic N) is 3. The third-order valence-electron chi connectivity index (χ3n) is 3.54. The van der Waals surface area contributed by atoms with Gasteiger partial charge in [0.15, 0.2) is 0 Å². The van der Waals surface area contributed by atoms with E-state index in [0.717, 1.165) is 31.8 Å². The van der Waals surface area contributed by atoms with E-state index in [1.165, 1.54) is 0 Å². The van der Waals surface area contributed by atoms with Crippen molar-refractivity contribution in [3.63, 3.8) is 0 Å². The fraction of sp³-hybridized carbons (Fsp3) is 0.769. The van der Waals surface area contributed by atoms with Crippen LogP contribution in [0.5, 0.6) is 0 Å². The lowest BCUT2D eigenvalue weighted by Crippen LogP contribution is -2.39. The van der Waals surface area contributed by atoms with Gasteiger partial charge in [0, 0.05) is 25.5 Å². The summed E-state index contributed by atoms with van der Waals surface area (Å²) in [4.78, 5) is 4.20. The van der Waals surface area contributed by atoms with E-state index in [1.807, 2.05) is 10.8 Å². The Bertz CT molecular complexity index is 512. The lowest BCUT2D eigenvalue weighted by Gasteiger charge is -2.26. The Hall–Kier alpha value is -0.920. The fourth-order valence-corrected chi connectivity index (χ4v) is 3.85. The first-order chi connectivity index (χ1) is 9.63. The number of imidazole rings is 1. The van der Waals surface area contributed by atoms with Gasteiger partial charge < -0.3 is 9.88 Å². The average Bonchev–Trinajstić information content (AvgIpc) is 2.90. The summed E-state index contributed by atoms with van der Waals surface area (Å²) >= 11 is 0. The van der Waals surface area contributed by atoms with Crippen molar-refractivity contribution in [1.29, 1.82) is 0 Å². The topological polar surface area (TPSA) is 67.2 Å². The smallest absolute Gasteiger partial charge is 0.214 e. The zero-order valence-corrected chi connectivity index (χ0v) is 12.9. The van der Waals surface area contributed by atoms with E-state index in [1.54, 1.807) is 10.5 Å². The molecule has 0 radical (unpaired) electrons. The van der Waals surface area contributed by atoms with Gasteiger partial charge in [-0.25, -0.2) is 13.4 Å². The molecule has 0 aromatic carbocycles. The van der Waals surface area contributed by atoms with E-state index >= 15 is 0 Å². The largest absolute Gasteiger partial charge is 0.333 e. The van der Waals surface area contributed by atoms with Crippen LogP contribution in [0.1, 0.15) is 32.0 Å². The molecule has 0 atom stereocenters. The first kappa shape index (κ1) is 15.5. The van der Waals surface area contributed by atoms with Crippen molar-refractivity contribution < 1.29 is 8.42 Å². The molecule has 0 saturated heterocycles. The van der Waals surface area contributed by atoms with Crippen LogP contribution >= 0.6 is 0 Å². The minimum Gasteiger partial charge on any atom is -0.333 e. The summed E-state index contributed by atoms with van der Waals surface area (Å²) in [6, 6.07) is 0. The summed E-state index contributed by atoms with van der Waals surface area (Å²) < 4.78 is 28.1. The minimum absolute atomic E-state index is 0.238. The molecular weight excluding hydrogens is 276 g/mol. The Morgan fingerprint density at radius 3 is 2.95 bits per heavy atom. The van der Waals surface area contributed by atoms with Gasteiger partial charge in [0.25, 0.3) is 0 Å². The van der Waals surface area contributed by atoms with Gasteiger partial charge in [0.05, 0.1) is 12.3 Å². The Morgan fingerprint density at radius 1 is 1.30 bits per heavy atom. The second kappa shape index (κ2) is 7.19. The number of fused-ring (bicyclic) bond motifs is 1. The molecule has 7 heteroatoms. The van der Waals surface area contributed by atoms with Crippen LogP contribution < -0.4 is 5.32 Å². The molecule has 1 aromatic heterocycles. The van der Waals surface area contributed by atoms with Crippen LogP contribution in [0.4, 0.5) is 0 Å². The molecule has 1 N–H and O–H groups in total. The van der Waals surface area contributed by atoms with E-state index in [0.29, 0.717) is 26.1 Å². The molecule has 0 amide bonds. The lowest BCUT2D eigenvalue weighted by atomic mass is 10.3. The van der Waals surface area contributed by atoms with Gasteiger partial charge >= 0.3 is 0 Å². The van der Waals surface area contributed by atoms with Crippen molar-refractivity contribution >= 4 is 10.0 Å². The van der Waals surface area contributed by atoms with Gasteiger partial charge in [-0.05, 0) is 32.4 Å². The highest BCUT2D eigenvalue weighted by Crippen LogP contribution is 2.15. The summed E-state index contributed by atoms with van der Waals surface area (Å²) in [7, 11) is -3.14. The first-order valence-electron chi connectivity index (χ1n) is 7.32. The highest BCUT2D eigenvalue weighted by atomic mass is 32.2. The number of unbranched alkanes of at least 4 members (excludes halogenated alkanes) is 1. The molecule has 2 rings (SSSR count). The second-order valence-electron chi connectivity index (χ2n) is 5.14. The standard InChI is InChI=1S/C13H24N4O2S/c1-2-5-14-6-3-4-11-20(18,19)17-10-9-16-8-7-15-13(16)12-17/h7-8,14H,2-6,9-12H2,1H3. The van der Waals surface area contributed by atoms with Crippen LogP contribution in [0.15, 0.2) is 12.4 Å². The first-order valence-corrected chi connectivity index (χ1v) is 8.93. The van der Waals surface area contributed by atoms with Crippen molar-refractivity contribution in [3.8, 4) is 0 Å². The average molecular weight is 300 g/mol. The molecule has 0 fully saturated rings. The van der Waals surface area contributed by atoms with Crippen molar-refractivity contribution in [2.45, 2.75) is 39.3 Å². The number of sulfonamides is 1. The van der Waals surface area contributed by atoms with Gasteiger partial charge in [-0.2, -0.15) is 4.31 Å². The number of aromatic nitrogens is 2. The molecule has 6 nitrogen and oxygen atoms in total. The van der Waals surface area contributed by atoms with Crippen molar-refractivity contribution in [2.24, 2.45) is 0 Å². The molecule has 1 aliphatic rings. The summed E-state index contributed by atoms with van der Waals surface area (Å²) in [5.74, 6) is 1.08. The highest BCUT2D eigenvalue weighted by Gasteiger charge is 2.26. The molecular formula is C13H24N4O2S. The summed E-state index contributed by atoms with van der Waals surface area (Å²) in [5, 5.41) is 3.29. The Morgan fingerprint density at radius 2 is 2.15 bits per heavy atom. The monoisotopic (exact) mass is 300 g/mol. The predicted octanol–water partition coefficient (Wildman–Crippen LogP) is 0.808. The molecule has 0 saturated carbocycles. The quantitative estimate of drug-likeness (QED) is 0.721. The predicted molar refractivity (Wildman–Crippen MR) is 78.8 cm³/mol. The van der Waals surface area contributed by atoms with Crippen LogP contribution in [0.2, 0.25) is 0 Å². The Balaban J connectivity index is 1.77. The maximum absolute atomic E-state index is 12.3. The van der Waals surface area contributed by atoms with E-state index in [4.69, 9.17) is 0 Å². The third kappa shape index (κ3) is 4.04. The molecule has 1 aliphatic heterocycles. The second-order valence-corrected chi connectivity index (χ2v) is 7.23. The van der Waals surface area contributed by atoms with Crippen LogP contribution in [0, 0.1) is 0 Å². The minimum atomic E-state index is -3.14. The number of rotatable bonds is 8. The van der Waals surface area contributed by atoms with E-state index in [2.05, 4.69) is 17.2 Å². The maximum Gasteiger partial charge on any atom is 0.214 e. The Labute approximate surface area is 121 Å². The molecule has 114 valence electrons. The fourth-order valence-electron chi connectivity index (χ4n) is 2.35. The summed E-state index contributed by atoms with van der Waals surface area (Å²) in [6.07, 6.45) is 6.36. The number of hydrogen-bond acceptors (Lipinski definition) is 4. The molecule has 0 aliphatic carbocycles. The van der Waals surface area contributed by atoms with Gasteiger partial charge in [-0.3, -0.25) is 0 Å². The van der Waals surface area contributed by atoms with Gasteiger partial charge in [0.2, 0.25) is 10.0 Å². The third-order valence-corrected chi connectivity index (χ3v) is 5.44. The van der Waals surface area contributed by atoms with E-state index < -0.39 is 10.0 Å². The Kier molecular flexibility index (Phi) is 5.56. The maximum atomic E-state index is 12.3. The van der Waals surface area contributed by atoms with Crippen LogP contribution in [0.25, 0.3) is 0 Å². The van der Waals surface area contributed by atoms with Crippen LogP contribution in [-0.4, -0.2) is 47.7 Å². The zero-order valence-electron chi connectivity index (χ0n) is 12.1. The molecule has 1 aromatic rings. The van der Waals surface area contributed by atoms with Crippen molar-refractivity contribution in [1.82, 2.24) is 19.2 Å². The summed E-state index contributed by atoms with van der Waals surface area (Å²) in [5.41, 5.74) is 0. The number of nitrogens with one attached hydrogen (secondary N) is 1. The molecule has 0 unspecified atom stereocenters. The van der Waals surface area contributed by atoms with Gasteiger partial charge in [0.1, 0.15) is 5.82 Å². The lowest BCUT2D eigenvalue weighted by molar-refractivity contribution is 0.335. The van der Waals surface area contributed by atoms with E-state index in [9.17, 15) is 8.42 Å². The SMILES string of the molecule is CCCNCCCCS(=O)(=O)N1CCn2ccnc2C1. The molecule has 2 heterocycles. The van der Waals surface area contributed by atoms with Gasteiger partial charge in [-0.1, -0.05) is 6.92 Å². The van der Waals surface area contributed by atoms with Gasteiger partial charge in [-0.15, -0.1) is 0 Å².